The first-order valence-corrected chi connectivity index (χ1v) is 6.39. The van der Waals surface area contributed by atoms with Crippen LogP contribution < -0.4 is 5.32 Å². The van der Waals surface area contributed by atoms with Crippen molar-refractivity contribution in [2.24, 2.45) is 0 Å². The first-order chi connectivity index (χ1) is 8.56. The Morgan fingerprint density at radius 1 is 1.22 bits per heavy atom. The monoisotopic (exact) mass is 255 g/mol. The average molecular weight is 255 g/mol. The van der Waals surface area contributed by atoms with Gasteiger partial charge in [-0.2, -0.15) is 0 Å². The van der Waals surface area contributed by atoms with Crippen molar-refractivity contribution < 1.29 is 13.9 Å². The van der Waals surface area contributed by atoms with Gasteiger partial charge in [0.25, 0.3) is 6.43 Å². The van der Waals surface area contributed by atoms with E-state index >= 15 is 0 Å². The molecule has 0 spiro atoms. The minimum absolute atomic E-state index is 0.0934. The molecule has 0 bridgehead atoms. The van der Waals surface area contributed by atoms with Gasteiger partial charge in [-0.25, -0.2) is 8.78 Å². The van der Waals surface area contributed by atoms with Crippen molar-refractivity contribution in [1.82, 2.24) is 0 Å². The maximum atomic E-state index is 12.8. The maximum absolute atomic E-state index is 12.8. The Morgan fingerprint density at radius 2 is 1.89 bits per heavy atom. The van der Waals surface area contributed by atoms with Gasteiger partial charge >= 0.3 is 0 Å². The molecule has 0 amide bonds. The molecule has 1 saturated carbocycles. The number of benzene rings is 1. The van der Waals surface area contributed by atoms with Crippen LogP contribution in [0, 0.1) is 6.92 Å². The lowest BCUT2D eigenvalue weighted by Gasteiger charge is -2.27. The predicted octanol–water partition coefficient (Wildman–Crippen LogP) is 3.65. The van der Waals surface area contributed by atoms with Gasteiger partial charge in [0.2, 0.25) is 0 Å². The molecular formula is C14H19F2NO. The number of aryl methyl sites for hydroxylation is 1. The van der Waals surface area contributed by atoms with Crippen LogP contribution in [0.2, 0.25) is 0 Å². The summed E-state index contributed by atoms with van der Waals surface area (Å²) >= 11 is 0. The van der Waals surface area contributed by atoms with E-state index in [0.29, 0.717) is 5.56 Å². The number of hydrogen-bond donors (Lipinski definition) is 2. The fourth-order valence-electron chi connectivity index (χ4n) is 2.42. The van der Waals surface area contributed by atoms with E-state index in [1.165, 1.54) is 6.07 Å². The molecular weight excluding hydrogens is 236 g/mol. The molecule has 0 aromatic heterocycles. The van der Waals surface area contributed by atoms with Crippen molar-refractivity contribution in [2.45, 2.75) is 51.2 Å². The van der Waals surface area contributed by atoms with E-state index in [-0.39, 0.29) is 17.7 Å². The van der Waals surface area contributed by atoms with Gasteiger partial charge in [0.15, 0.2) is 0 Å². The van der Waals surface area contributed by atoms with E-state index in [2.05, 4.69) is 5.32 Å². The van der Waals surface area contributed by atoms with Crippen LogP contribution in [0.1, 0.15) is 43.2 Å². The maximum Gasteiger partial charge on any atom is 0.264 e. The second-order valence-corrected chi connectivity index (χ2v) is 5.02. The Balaban J connectivity index is 2.03. The highest BCUT2D eigenvalue weighted by atomic mass is 19.3. The second kappa shape index (κ2) is 5.65. The summed E-state index contributed by atoms with van der Waals surface area (Å²) in [5, 5.41) is 12.7. The normalized spacial score (nSPS) is 24.3. The highest BCUT2D eigenvalue weighted by Gasteiger charge is 2.19. The highest BCUT2D eigenvalue weighted by molar-refractivity contribution is 5.49. The van der Waals surface area contributed by atoms with Gasteiger partial charge in [-0.15, -0.1) is 0 Å². The summed E-state index contributed by atoms with van der Waals surface area (Å²) in [4.78, 5) is 0. The van der Waals surface area contributed by atoms with E-state index in [4.69, 9.17) is 0 Å². The van der Waals surface area contributed by atoms with Crippen molar-refractivity contribution in [3.05, 3.63) is 29.3 Å². The van der Waals surface area contributed by atoms with Gasteiger partial charge < -0.3 is 10.4 Å². The summed E-state index contributed by atoms with van der Waals surface area (Å²) in [6.45, 7) is 1.70. The smallest absolute Gasteiger partial charge is 0.264 e. The van der Waals surface area contributed by atoms with Crippen molar-refractivity contribution in [2.75, 3.05) is 5.32 Å². The molecule has 1 aromatic rings. The van der Waals surface area contributed by atoms with E-state index in [1.54, 1.807) is 13.0 Å². The first kappa shape index (κ1) is 13.3. The second-order valence-electron chi connectivity index (χ2n) is 5.02. The number of hydrogen-bond acceptors (Lipinski definition) is 2. The fourth-order valence-corrected chi connectivity index (χ4v) is 2.42. The van der Waals surface area contributed by atoms with Crippen LogP contribution >= 0.6 is 0 Å². The van der Waals surface area contributed by atoms with Crippen LogP contribution in [-0.2, 0) is 0 Å². The quantitative estimate of drug-likeness (QED) is 0.864. The van der Waals surface area contributed by atoms with E-state index < -0.39 is 6.43 Å². The zero-order chi connectivity index (χ0) is 13.1. The van der Waals surface area contributed by atoms with Gasteiger partial charge in [0.05, 0.1) is 6.10 Å². The van der Waals surface area contributed by atoms with Crippen molar-refractivity contribution >= 4 is 5.69 Å². The highest BCUT2D eigenvalue weighted by Crippen LogP contribution is 2.27. The summed E-state index contributed by atoms with van der Waals surface area (Å²) < 4.78 is 25.6. The third kappa shape index (κ3) is 3.19. The Hall–Kier alpha value is -1.16. The molecule has 0 heterocycles. The summed E-state index contributed by atoms with van der Waals surface area (Å²) in [5.41, 5.74) is 1.46. The van der Waals surface area contributed by atoms with Crippen molar-refractivity contribution in [3.63, 3.8) is 0 Å². The van der Waals surface area contributed by atoms with Gasteiger partial charge in [0.1, 0.15) is 0 Å². The van der Waals surface area contributed by atoms with Gasteiger partial charge in [0, 0.05) is 17.3 Å². The van der Waals surface area contributed by atoms with Gasteiger partial charge in [-0.3, -0.25) is 0 Å². The zero-order valence-corrected chi connectivity index (χ0v) is 10.5. The SMILES string of the molecule is Cc1ccc(NC2CCC(O)CC2)cc1C(F)F. The number of aliphatic hydroxyl groups excluding tert-OH is 1. The zero-order valence-electron chi connectivity index (χ0n) is 10.5. The standard InChI is InChI=1S/C14H19F2NO/c1-9-2-3-11(8-13(9)14(15)16)17-10-4-6-12(18)7-5-10/h2-3,8,10,12,14,17-18H,4-7H2,1H3. The molecule has 0 unspecified atom stereocenters. The number of aliphatic hydroxyl groups is 1. The summed E-state index contributed by atoms with van der Waals surface area (Å²) in [6, 6.07) is 5.38. The molecule has 0 radical (unpaired) electrons. The van der Waals surface area contributed by atoms with Crippen LogP contribution in [0.5, 0.6) is 0 Å². The number of nitrogens with one attached hydrogen (secondary N) is 1. The molecule has 0 atom stereocenters. The molecule has 1 aromatic carbocycles. The Bertz CT molecular complexity index is 401. The molecule has 2 rings (SSSR count). The van der Waals surface area contributed by atoms with E-state index in [0.717, 1.165) is 31.4 Å². The third-order valence-electron chi connectivity index (χ3n) is 3.58. The van der Waals surface area contributed by atoms with Crippen LogP contribution in [0.15, 0.2) is 18.2 Å². The summed E-state index contributed by atoms with van der Waals surface area (Å²) in [7, 11) is 0. The lowest BCUT2D eigenvalue weighted by atomic mass is 9.93. The Kier molecular flexibility index (Phi) is 4.17. The Morgan fingerprint density at radius 3 is 2.50 bits per heavy atom. The predicted molar refractivity (Wildman–Crippen MR) is 68.0 cm³/mol. The topological polar surface area (TPSA) is 32.3 Å². The number of anilines is 1. The Labute approximate surface area is 106 Å². The summed E-state index contributed by atoms with van der Waals surface area (Å²) in [5.74, 6) is 0. The molecule has 18 heavy (non-hydrogen) atoms. The molecule has 4 heteroatoms. The van der Waals surface area contributed by atoms with Crippen LogP contribution in [0.4, 0.5) is 14.5 Å². The number of alkyl halides is 2. The van der Waals surface area contributed by atoms with Crippen LogP contribution in [0.3, 0.4) is 0 Å². The first-order valence-electron chi connectivity index (χ1n) is 6.39. The average Bonchev–Trinajstić information content (AvgIpc) is 2.34. The van der Waals surface area contributed by atoms with E-state index in [9.17, 15) is 13.9 Å². The fraction of sp³-hybridized carbons (Fsp3) is 0.571. The lowest BCUT2D eigenvalue weighted by Crippen LogP contribution is -2.28. The largest absolute Gasteiger partial charge is 0.393 e. The molecule has 0 aliphatic heterocycles. The van der Waals surface area contributed by atoms with Gasteiger partial charge in [-0.1, -0.05) is 6.07 Å². The minimum Gasteiger partial charge on any atom is -0.393 e. The molecule has 0 saturated heterocycles. The molecule has 100 valence electrons. The van der Waals surface area contributed by atoms with Crippen LogP contribution in [-0.4, -0.2) is 17.3 Å². The third-order valence-corrected chi connectivity index (χ3v) is 3.58. The molecule has 1 aliphatic rings. The molecule has 2 nitrogen and oxygen atoms in total. The minimum atomic E-state index is -2.43. The van der Waals surface area contributed by atoms with Gasteiger partial charge in [-0.05, 0) is 50.3 Å². The van der Waals surface area contributed by atoms with Crippen molar-refractivity contribution in [3.8, 4) is 0 Å². The molecule has 1 fully saturated rings. The number of halogens is 2. The van der Waals surface area contributed by atoms with Crippen LogP contribution in [0.25, 0.3) is 0 Å². The summed E-state index contributed by atoms with van der Waals surface area (Å²) in [6.07, 6.45) is 0.715. The molecule has 2 N–H and O–H groups in total. The number of rotatable bonds is 3. The lowest BCUT2D eigenvalue weighted by molar-refractivity contribution is 0.126. The van der Waals surface area contributed by atoms with Crippen molar-refractivity contribution in [1.29, 1.82) is 0 Å². The molecule has 1 aliphatic carbocycles. The van der Waals surface area contributed by atoms with E-state index in [1.807, 2.05) is 6.07 Å².